The highest BCUT2D eigenvalue weighted by atomic mass is 16.5. The topological polar surface area (TPSA) is 39.1 Å². The summed E-state index contributed by atoms with van der Waals surface area (Å²) < 4.78 is 7.14. The molecule has 1 heterocycles. The highest BCUT2D eigenvalue weighted by Gasteiger charge is 1.96. The Morgan fingerprint density at radius 1 is 1.39 bits per heavy atom. The number of nitrogens with zero attached hydrogens (tertiary/aromatic N) is 2. The van der Waals surface area contributed by atoms with Gasteiger partial charge in [-0.3, -0.25) is 4.68 Å². The zero-order valence-electron chi connectivity index (χ0n) is 10.9. The van der Waals surface area contributed by atoms with Crippen molar-refractivity contribution in [3.8, 4) is 5.75 Å². The van der Waals surface area contributed by atoms with Gasteiger partial charge >= 0.3 is 0 Å². The van der Waals surface area contributed by atoms with Crippen LogP contribution in [0, 0.1) is 6.92 Å². The zero-order chi connectivity index (χ0) is 12.8. The normalized spacial score (nSPS) is 10.6. The molecule has 0 aliphatic heterocycles. The summed E-state index contributed by atoms with van der Waals surface area (Å²) in [7, 11) is 1.69. The number of hydrogen-bond acceptors (Lipinski definition) is 3. The van der Waals surface area contributed by atoms with Crippen LogP contribution in [0.15, 0.2) is 36.7 Å². The SMILES string of the molecule is COc1cccc(CNCCn2cc(C)cn2)c1. The summed E-state index contributed by atoms with van der Waals surface area (Å²) in [5.74, 6) is 0.900. The summed E-state index contributed by atoms with van der Waals surface area (Å²) in [5, 5.41) is 7.64. The maximum atomic E-state index is 5.19. The lowest BCUT2D eigenvalue weighted by molar-refractivity contribution is 0.414. The number of hydrogen-bond donors (Lipinski definition) is 1. The Labute approximate surface area is 108 Å². The van der Waals surface area contributed by atoms with Crippen molar-refractivity contribution < 1.29 is 4.74 Å². The molecule has 4 heteroatoms. The van der Waals surface area contributed by atoms with Crippen LogP contribution >= 0.6 is 0 Å². The maximum absolute atomic E-state index is 5.19. The van der Waals surface area contributed by atoms with Gasteiger partial charge in [0, 0.05) is 19.3 Å². The minimum absolute atomic E-state index is 0.845. The van der Waals surface area contributed by atoms with Crippen molar-refractivity contribution in [2.24, 2.45) is 0 Å². The van der Waals surface area contributed by atoms with E-state index in [9.17, 15) is 0 Å². The number of rotatable bonds is 6. The first-order valence-corrected chi connectivity index (χ1v) is 6.10. The van der Waals surface area contributed by atoms with E-state index in [4.69, 9.17) is 4.74 Å². The Morgan fingerprint density at radius 3 is 3.00 bits per heavy atom. The van der Waals surface area contributed by atoms with Crippen molar-refractivity contribution >= 4 is 0 Å². The zero-order valence-corrected chi connectivity index (χ0v) is 10.9. The summed E-state index contributed by atoms with van der Waals surface area (Å²) in [5.41, 5.74) is 2.42. The molecule has 2 aromatic rings. The number of aromatic nitrogens is 2. The van der Waals surface area contributed by atoms with Crippen LogP contribution in [0.5, 0.6) is 5.75 Å². The third-order valence-corrected chi connectivity index (χ3v) is 2.74. The molecule has 0 aliphatic rings. The third kappa shape index (κ3) is 3.60. The molecule has 2 rings (SSSR count). The fourth-order valence-corrected chi connectivity index (χ4v) is 1.80. The van der Waals surface area contributed by atoms with Crippen molar-refractivity contribution in [2.75, 3.05) is 13.7 Å². The van der Waals surface area contributed by atoms with Gasteiger partial charge in [-0.05, 0) is 30.2 Å². The predicted molar refractivity (Wildman–Crippen MR) is 71.7 cm³/mol. The molecule has 4 nitrogen and oxygen atoms in total. The van der Waals surface area contributed by atoms with Crippen LogP contribution in [0.25, 0.3) is 0 Å². The van der Waals surface area contributed by atoms with Crippen LogP contribution in [0.3, 0.4) is 0 Å². The van der Waals surface area contributed by atoms with Crippen LogP contribution in [-0.2, 0) is 13.1 Å². The molecule has 0 radical (unpaired) electrons. The predicted octanol–water partition coefficient (Wildman–Crippen LogP) is 1.99. The van der Waals surface area contributed by atoms with E-state index in [1.54, 1.807) is 7.11 Å². The average molecular weight is 245 g/mol. The molecular weight excluding hydrogens is 226 g/mol. The summed E-state index contributed by atoms with van der Waals surface area (Å²) >= 11 is 0. The van der Waals surface area contributed by atoms with Crippen molar-refractivity contribution in [2.45, 2.75) is 20.0 Å². The molecule has 1 aromatic heterocycles. The Balaban J connectivity index is 1.74. The van der Waals surface area contributed by atoms with Gasteiger partial charge in [0.25, 0.3) is 0 Å². The van der Waals surface area contributed by atoms with Crippen LogP contribution < -0.4 is 10.1 Å². The molecule has 0 bridgehead atoms. The number of benzene rings is 1. The minimum Gasteiger partial charge on any atom is -0.497 e. The number of aryl methyl sites for hydroxylation is 1. The Hall–Kier alpha value is -1.81. The first kappa shape index (κ1) is 12.6. The van der Waals surface area contributed by atoms with Crippen molar-refractivity contribution in [3.05, 3.63) is 47.8 Å². The first-order valence-electron chi connectivity index (χ1n) is 6.10. The second-order valence-electron chi connectivity index (χ2n) is 4.31. The number of nitrogens with one attached hydrogen (secondary N) is 1. The average Bonchev–Trinajstić information content (AvgIpc) is 2.81. The number of methoxy groups -OCH3 is 1. The molecule has 0 aliphatic carbocycles. The summed E-state index contributed by atoms with van der Waals surface area (Å²) in [6.07, 6.45) is 3.93. The van der Waals surface area contributed by atoms with E-state index in [2.05, 4.69) is 16.5 Å². The van der Waals surface area contributed by atoms with Crippen LogP contribution in [-0.4, -0.2) is 23.4 Å². The van der Waals surface area contributed by atoms with Gasteiger partial charge in [0.05, 0.1) is 19.9 Å². The minimum atomic E-state index is 0.845. The highest BCUT2D eigenvalue weighted by Crippen LogP contribution is 2.11. The maximum Gasteiger partial charge on any atom is 0.119 e. The van der Waals surface area contributed by atoms with Crippen LogP contribution in [0.2, 0.25) is 0 Å². The lowest BCUT2D eigenvalue weighted by Gasteiger charge is -2.06. The van der Waals surface area contributed by atoms with E-state index < -0.39 is 0 Å². The van der Waals surface area contributed by atoms with Gasteiger partial charge in [-0.15, -0.1) is 0 Å². The highest BCUT2D eigenvalue weighted by molar-refractivity contribution is 5.28. The molecule has 0 atom stereocenters. The largest absolute Gasteiger partial charge is 0.497 e. The summed E-state index contributed by atoms with van der Waals surface area (Å²) in [6.45, 7) is 4.68. The van der Waals surface area contributed by atoms with E-state index in [1.807, 2.05) is 42.2 Å². The first-order chi connectivity index (χ1) is 8.78. The fourth-order valence-electron chi connectivity index (χ4n) is 1.80. The van der Waals surface area contributed by atoms with Gasteiger partial charge in [-0.25, -0.2) is 0 Å². The monoisotopic (exact) mass is 245 g/mol. The van der Waals surface area contributed by atoms with E-state index in [0.29, 0.717) is 0 Å². The second kappa shape index (κ2) is 6.21. The number of ether oxygens (including phenoxy) is 1. The molecule has 0 unspecified atom stereocenters. The van der Waals surface area contributed by atoms with Crippen molar-refractivity contribution in [1.29, 1.82) is 0 Å². The molecule has 0 spiro atoms. The van der Waals surface area contributed by atoms with E-state index in [1.165, 1.54) is 11.1 Å². The van der Waals surface area contributed by atoms with Gasteiger partial charge in [0.1, 0.15) is 5.75 Å². The van der Waals surface area contributed by atoms with Crippen molar-refractivity contribution in [3.63, 3.8) is 0 Å². The van der Waals surface area contributed by atoms with Gasteiger partial charge in [0.15, 0.2) is 0 Å². The molecule has 18 heavy (non-hydrogen) atoms. The molecule has 0 amide bonds. The van der Waals surface area contributed by atoms with Crippen molar-refractivity contribution in [1.82, 2.24) is 15.1 Å². The van der Waals surface area contributed by atoms with Gasteiger partial charge in [0.2, 0.25) is 0 Å². The Morgan fingerprint density at radius 2 is 2.28 bits per heavy atom. The van der Waals surface area contributed by atoms with Crippen LogP contribution in [0.4, 0.5) is 0 Å². The molecular formula is C14H19N3O. The van der Waals surface area contributed by atoms with Crippen LogP contribution in [0.1, 0.15) is 11.1 Å². The summed E-state index contributed by atoms with van der Waals surface area (Å²) in [4.78, 5) is 0. The smallest absolute Gasteiger partial charge is 0.119 e. The molecule has 0 saturated heterocycles. The Bertz CT molecular complexity index is 493. The van der Waals surface area contributed by atoms with E-state index in [-0.39, 0.29) is 0 Å². The molecule has 96 valence electrons. The standard InChI is InChI=1S/C14H19N3O/c1-12-9-16-17(11-12)7-6-15-10-13-4-3-5-14(8-13)18-2/h3-5,8-9,11,15H,6-7,10H2,1-2H3. The third-order valence-electron chi connectivity index (χ3n) is 2.74. The Kier molecular flexibility index (Phi) is 4.36. The summed E-state index contributed by atoms with van der Waals surface area (Å²) in [6, 6.07) is 8.10. The molecule has 0 fully saturated rings. The van der Waals surface area contributed by atoms with E-state index >= 15 is 0 Å². The fraction of sp³-hybridized carbons (Fsp3) is 0.357. The molecule has 0 saturated carbocycles. The molecule has 1 aromatic carbocycles. The van der Waals surface area contributed by atoms with Gasteiger partial charge in [-0.1, -0.05) is 12.1 Å². The lowest BCUT2D eigenvalue weighted by atomic mass is 10.2. The second-order valence-corrected chi connectivity index (χ2v) is 4.31. The van der Waals surface area contributed by atoms with E-state index in [0.717, 1.165) is 25.4 Å². The quantitative estimate of drug-likeness (QED) is 0.791. The van der Waals surface area contributed by atoms with Gasteiger partial charge in [-0.2, -0.15) is 5.10 Å². The lowest BCUT2D eigenvalue weighted by Crippen LogP contribution is -2.19. The molecule has 1 N–H and O–H groups in total. The van der Waals surface area contributed by atoms with Gasteiger partial charge < -0.3 is 10.1 Å².